The van der Waals surface area contributed by atoms with E-state index in [2.05, 4.69) is 34.0 Å². The average Bonchev–Trinajstić information content (AvgIpc) is 2.87. The van der Waals surface area contributed by atoms with E-state index in [0.717, 1.165) is 18.4 Å². The molecule has 1 aliphatic rings. The highest BCUT2D eigenvalue weighted by atomic mass is 16.5. The van der Waals surface area contributed by atoms with Crippen LogP contribution in [0.2, 0.25) is 0 Å². The minimum Gasteiger partial charge on any atom is -0.463 e. The van der Waals surface area contributed by atoms with Crippen LogP contribution < -0.4 is 10.5 Å². The van der Waals surface area contributed by atoms with Crippen LogP contribution in [-0.4, -0.2) is 31.3 Å². The van der Waals surface area contributed by atoms with Crippen molar-refractivity contribution in [2.75, 3.05) is 12.3 Å². The third-order valence-corrected chi connectivity index (χ3v) is 3.94. The van der Waals surface area contributed by atoms with Crippen molar-refractivity contribution in [2.45, 2.75) is 38.6 Å². The number of nitrogen functional groups attached to an aromatic ring is 1. The number of rotatable bonds is 5. The summed E-state index contributed by atoms with van der Waals surface area (Å²) in [4.78, 5) is 8.08. The highest BCUT2D eigenvalue weighted by molar-refractivity contribution is 5.21. The summed E-state index contributed by atoms with van der Waals surface area (Å²) in [5, 5.41) is 7.91. The lowest BCUT2D eigenvalue weighted by Gasteiger charge is -2.34. The van der Waals surface area contributed by atoms with Gasteiger partial charge >= 0.3 is 6.01 Å². The summed E-state index contributed by atoms with van der Waals surface area (Å²) in [6.07, 6.45) is 7.51. The van der Waals surface area contributed by atoms with Crippen molar-refractivity contribution < 1.29 is 4.74 Å². The molecule has 2 N–H and O–H groups in total. The van der Waals surface area contributed by atoms with Crippen molar-refractivity contribution in [3.63, 3.8) is 0 Å². The Kier molecular flexibility index (Phi) is 3.72. The molecule has 3 rings (SSSR count). The molecular weight excluding hydrogens is 268 g/mol. The van der Waals surface area contributed by atoms with Gasteiger partial charge in [-0.3, -0.25) is 4.57 Å². The van der Waals surface area contributed by atoms with Gasteiger partial charge in [0.15, 0.2) is 0 Å². The van der Waals surface area contributed by atoms with Crippen molar-refractivity contribution in [1.82, 2.24) is 24.7 Å². The van der Waals surface area contributed by atoms with E-state index in [1.54, 1.807) is 6.33 Å². The van der Waals surface area contributed by atoms with Crippen molar-refractivity contribution in [1.29, 1.82) is 0 Å². The van der Waals surface area contributed by atoms with Crippen LogP contribution in [0.15, 0.2) is 18.7 Å². The average molecular weight is 288 g/mol. The SMILES string of the molecule is CC(C)n1cnnc1OCC1CC(c2cnc(N)nc2)C1. The molecule has 0 radical (unpaired) electrons. The van der Waals surface area contributed by atoms with E-state index < -0.39 is 0 Å². The molecule has 2 aromatic heterocycles. The largest absolute Gasteiger partial charge is 0.463 e. The van der Waals surface area contributed by atoms with Gasteiger partial charge in [-0.1, -0.05) is 5.10 Å². The van der Waals surface area contributed by atoms with E-state index in [9.17, 15) is 0 Å². The summed E-state index contributed by atoms with van der Waals surface area (Å²) in [5.74, 6) is 1.39. The maximum Gasteiger partial charge on any atom is 0.316 e. The molecule has 0 bridgehead atoms. The van der Waals surface area contributed by atoms with Gasteiger partial charge in [-0.2, -0.15) is 0 Å². The zero-order chi connectivity index (χ0) is 14.8. The second-order valence-corrected chi connectivity index (χ2v) is 5.83. The van der Waals surface area contributed by atoms with Crippen LogP contribution in [0.3, 0.4) is 0 Å². The summed E-state index contributed by atoms with van der Waals surface area (Å²) in [6.45, 7) is 4.84. The van der Waals surface area contributed by atoms with Crippen LogP contribution in [0, 0.1) is 5.92 Å². The van der Waals surface area contributed by atoms with E-state index in [1.807, 2.05) is 17.0 Å². The Labute approximate surface area is 123 Å². The van der Waals surface area contributed by atoms with Gasteiger partial charge in [-0.25, -0.2) is 9.97 Å². The lowest BCUT2D eigenvalue weighted by atomic mass is 9.72. The summed E-state index contributed by atoms with van der Waals surface area (Å²) < 4.78 is 7.72. The molecule has 7 heteroatoms. The van der Waals surface area contributed by atoms with Crippen LogP contribution in [-0.2, 0) is 0 Å². The van der Waals surface area contributed by atoms with Gasteiger partial charge in [0.2, 0.25) is 5.95 Å². The molecule has 2 heterocycles. The van der Waals surface area contributed by atoms with E-state index in [4.69, 9.17) is 10.5 Å². The van der Waals surface area contributed by atoms with Crippen molar-refractivity contribution >= 4 is 5.95 Å². The first-order valence-corrected chi connectivity index (χ1v) is 7.23. The lowest BCUT2D eigenvalue weighted by Crippen LogP contribution is -2.28. The van der Waals surface area contributed by atoms with Crippen LogP contribution >= 0.6 is 0 Å². The molecule has 1 aliphatic carbocycles. The molecule has 0 amide bonds. The van der Waals surface area contributed by atoms with E-state index >= 15 is 0 Å². The minimum absolute atomic E-state index is 0.302. The Morgan fingerprint density at radius 1 is 1.33 bits per heavy atom. The topological polar surface area (TPSA) is 91.7 Å². The third kappa shape index (κ3) is 2.96. The molecule has 0 saturated heterocycles. The van der Waals surface area contributed by atoms with Crippen molar-refractivity contribution in [3.05, 3.63) is 24.3 Å². The number of ether oxygens (including phenoxy) is 1. The van der Waals surface area contributed by atoms with Crippen molar-refractivity contribution in [2.24, 2.45) is 5.92 Å². The molecule has 0 unspecified atom stereocenters. The van der Waals surface area contributed by atoms with Crippen molar-refractivity contribution in [3.8, 4) is 6.01 Å². The highest BCUT2D eigenvalue weighted by Gasteiger charge is 2.31. The summed E-state index contributed by atoms with van der Waals surface area (Å²) in [6, 6.07) is 0.903. The Balaban J connectivity index is 1.49. The Hall–Kier alpha value is -2.18. The highest BCUT2D eigenvalue weighted by Crippen LogP contribution is 2.41. The number of hydrogen-bond acceptors (Lipinski definition) is 6. The first-order valence-electron chi connectivity index (χ1n) is 7.23. The minimum atomic E-state index is 0.302. The Morgan fingerprint density at radius 2 is 2.05 bits per heavy atom. The Bertz CT molecular complexity index is 588. The van der Waals surface area contributed by atoms with Gasteiger partial charge in [0.05, 0.1) is 6.61 Å². The van der Waals surface area contributed by atoms with Gasteiger partial charge < -0.3 is 10.5 Å². The van der Waals surface area contributed by atoms with Gasteiger partial charge in [0.25, 0.3) is 0 Å². The van der Waals surface area contributed by atoms with E-state index in [1.165, 1.54) is 0 Å². The molecule has 21 heavy (non-hydrogen) atoms. The maximum atomic E-state index is 5.78. The van der Waals surface area contributed by atoms with Crippen LogP contribution in [0.25, 0.3) is 0 Å². The van der Waals surface area contributed by atoms with Crippen LogP contribution in [0.1, 0.15) is 44.2 Å². The van der Waals surface area contributed by atoms with Gasteiger partial charge in [-0.05, 0) is 44.1 Å². The zero-order valence-electron chi connectivity index (χ0n) is 12.3. The van der Waals surface area contributed by atoms with Gasteiger partial charge in [0.1, 0.15) is 6.33 Å². The Morgan fingerprint density at radius 3 is 2.71 bits per heavy atom. The lowest BCUT2D eigenvalue weighted by molar-refractivity contribution is 0.143. The fourth-order valence-electron chi connectivity index (χ4n) is 2.58. The monoisotopic (exact) mass is 288 g/mol. The number of hydrogen-bond donors (Lipinski definition) is 1. The number of anilines is 1. The molecule has 1 saturated carbocycles. The second kappa shape index (κ2) is 5.67. The maximum absolute atomic E-state index is 5.78. The number of nitrogens with two attached hydrogens (primary N) is 1. The second-order valence-electron chi connectivity index (χ2n) is 5.83. The summed E-state index contributed by atoms with van der Waals surface area (Å²) >= 11 is 0. The van der Waals surface area contributed by atoms with Crippen LogP contribution in [0.5, 0.6) is 6.01 Å². The molecule has 2 aromatic rings. The van der Waals surface area contributed by atoms with E-state index in [-0.39, 0.29) is 0 Å². The molecule has 0 aliphatic heterocycles. The predicted octanol–water partition coefficient (Wildman–Crippen LogP) is 1.80. The molecular formula is C14H20N6O. The first-order chi connectivity index (χ1) is 10.1. The summed E-state index contributed by atoms with van der Waals surface area (Å²) in [7, 11) is 0. The zero-order valence-corrected chi connectivity index (χ0v) is 12.3. The standard InChI is InChI=1S/C14H20N6O/c1-9(2)20-8-18-19-14(20)21-7-10-3-11(4-10)12-5-16-13(15)17-6-12/h5-6,8-11H,3-4,7H2,1-2H3,(H2,15,16,17). The van der Waals surface area contributed by atoms with E-state index in [0.29, 0.717) is 36.4 Å². The fourth-order valence-corrected chi connectivity index (χ4v) is 2.58. The van der Waals surface area contributed by atoms with Crippen LogP contribution in [0.4, 0.5) is 5.95 Å². The predicted molar refractivity (Wildman–Crippen MR) is 77.8 cm³/mol. The first kappa shape index (κ1) is 13.8. The molecule has 1 fully saturated rings. The molecule has 112 valence electrons. The molecule has 0 atom stereocenters. The normalized spacial score (nSPS) is 21.3. The molecule has 0 aromatic carbocycles. The smallest absolute Gasteiger partial charge is 0.316 e. The number of nitrogens with zero attached hydrogens (tertiary/aromatic N) is 5. The number of aromatic nitrogens is 5. The molecule has 0 spiro atoms. The fraction of sp³-hybridized carbons (Fsp3) is 0.571. The third-order valence-electron chi connectivity index (χ3n) is 3.94. The quantitative estimate of drug-likeness (QED) is 0.902. The van der Waals surface area contributed by atoms with Gasteiger partial charge in [0, 0.05) is 18.4 Å². The van der Waals surface area contributed by atoms with Gasteiger partial charge in [-0.15, -0.1) is 5.10 Å². The molecule has 7 nitrogen and oxygen atoms in total. The summed E-state index contributed by atoms with van der Waals surface area (Å²) in [5.41, 5.74) is 6.65.